The van der Waals surface area contributed by atoms with Crippen molar-refractivity contribution in [3.8, 4) is 0 Å². The molecule has 0 amide bonds. The van der Waals surface area contributed by atoms with Gasteiger partial charge in [-0.05, 0) is 0 Å². The minimum absolute atomic E-state index is 0.152. The summed E-state index contributed by atoms with van der Waals surface area (Å²) in [7, 11) is -0.238. The maximum atomic E-state index is 12.4. The summed E-state index contributed by atoms with van der Waals surface area (Å²) in [6.07, 6.45) is 6.21. The molecule has 2 aromatic rings. The first kappa shape index (κ1) is 15.0. The zero-order chi connectivity index (χ0) is 14.8. The van der Waals surface area contributed by atoms with Crippen molar-refractivity contribution in [2.24, 2.45) is 7.05 Å². The van der Waals surface area contributed by atoms with Gasteiger partial charge in [-0.25, -0.2) is 13.4 Å². The van der Waals surface area contributed by atoms with Gasteiger partial charge < -0.3 is 4.57 Å². The molecule has 0 fully saturated rings. The van der Waals surface area contributed by atoms with Crippen molar-refractivity contribution in [3.05, 3.63) is 30.6 Å². The van der Waals surface area contributed by atoms with Crippen molar-refractivity contribution in [1.82, 2.24) is 23.6 Å². The van der Waals surface area contributed by atoms with E-state index in [1.165, 1.54) is 28.4 Å². The van der Waals surface area contributed by atoms with Crippen LogP contribution < -0.4 is 0 Å². The van der Waals surface area contributed by atoms with E-state index in [0.717, 1.165) is 0 Å². The molecule has 9 heteroatoms. The van der Waals surface area contributed by atoms with E-state index in [-0.39, 0.29) is 11.4 Å². The normalized spacial score (nSPS) is 12.2. The lowest BCUT2D eigenvalue weighted by Crippen LogP contribution is -2.27. The van der Waals surface area contributed by atoms with Gasteiger partial charge in [-0.3, -0.25) is 4.68 Å². The summed E-state index contributed by atoms with van der Waals surface area (Å²) in [5.74, 6) is 1.05. The number of hydrogen-bond acceptors (Lipinski definition) is 4. The fourth-order valence-corrected chi connectivity index (χ4v) is 2.95. The van der Waals surface area contributed by atoms with Crippen molar-refractivity contribution >= 4 is 21.6 Å². The van der Waals surface area contributed by atoms with Gasteiger partial charge >= 0.3 is 0 Å². The smallest absolute Gasteiger partial charge is 0.246 e. The van der Waals surface area contributed by atoms with Crippen LogP contribution in [-0.4, -0.2) is 45.0 Å². The Morgan fingerprint density at radius 1 is 1.45 bits per heavy atom. The molecule has 0 saturated heterocycles. The molecular weight excluding hydrogens is 302 g/mol. The molecule has 2 aromatic heterocycles. The fourth-order valence-electron chi connectivity index (χ4n) is 1.70. The van der Waals surface area contributed by atoms with Gasteiger partial charge in [0.15, 0.2) is 0 Å². The number of halogens is 1. The second-order valence-electron chi connectivity index (χ2n) is 4.34. The molecule has 0 bridgehead atoms. The number of hydrogen-bond donors (Lipinski definition) is 0. The summed E-state index contributed by atoms with van der Waals surface area (Å²) in [6, 6.07) is 0. The van der Waals surface area contributed by atoms with Crippen LogP contribution in [0.1, 0.15) is 5.82 Å². The molecule has 2 rings (SSSR count). The molecule has 0 aliphatic carbocycles. The van der Waals surface area contributed by atoms with Gasteiger partial charge in [-0.1, -0.05) is 0 Å². The average Bonchev–Trinajstić information content (AvgIpc) is 3.00. The van der Waals surface area contributed by atoms with Crippen molar-refractivity contribution in [2.45, 2.75) is 18.0 Å². The Bertz CT molecular complexity index is 679. The highest BCUT2D eigenvalue weighted by molar-refractivity contribution is 7.89. The van der Waals surface area contributed by atoms with E-state index >= 15 is 0 Å². The first-order chi connectivity index (χ1) is 9.45. The number of aromatic nitrogens is 4. The summed E-state index contributed by atoms with van der Waals surface area (Å²) in [5, 5.41) is 3.97. The summed E-state index contributed by atoms with van der Waals surface area (Å²) >= 11 is 5.60. The maximum Gasteiger partial charge on any atom is 0.246 e. The lowest BCUT2D eigenvalue weighted by molar-refractivity contribution is 0.451. The Kier molecular flexibility index (Phi) is 4.46. The lowest BCUT2D eigenvalue weighted by atomic mass is 10.6. The second kappa shape index (κ2) is 5.94. The molecule has 0 N–H and O–H groups in total. The fraction of sp³-hybridized carbons (Fsp3) is 0.455. The van der Waals surface area contributed by atoms with E-state index in [0.29, 0.717) is 18.2 Å². The minimum Gasteiger partial charge on any atom is -0.337 e. The van der Waals surface area contributed by atoms with Crippen LogP contribution in [0.3, 0.4) is 0 Å². The number of nitrogens with zero attached hydrogens (tertiary/aromatic N) is 5. The summed E-state index contributed by atoms with van der Waals surface area (Å²) in [6.45, 7) is 0.673. The zero-order valence-electron chi connectivity index (χ0n) is 11.3. The van der Waals surface area contributed by atoms with E-state index in [2.05, 4.69) is 10.1 Å². The minimum atomic E-state index is -3.58. The third-order valence-corrected chi connectivity index (χ3v) is 4.84. The van der Waals surface area contributed by atoms with E-state index in [1.807, 2.05) is 7.05 Å². The largest absolute Gasteiger partial charge is 0.337 e. The Balaban J connectivity index is 2.18. The van der Waals surface area contributed by atoms with Crippen LogP contribution in [-0.2, 0) is 30.2 Å². The van der Waals surface area contributed by atoms with Gasteiger partial charge in [-0.2, -0.15) is 9.40 Å². The van der Waals surface area contributed by atoms with Crippen LogP contribution in [0.4, 0.5) is 0 Å². The number of rotatable bonds is 6. The van der Waals surface area contributed by atoms with Crippen LogP contribution >= 0.6 is 11.6 Å². The van der Waals surface area contributed by atoms with Crippen molar-refractivity contribution < 1.29 is 8.42 Å². The molecule has 2 heterocycles. The molecule has 0 radical (unpaired) electrons. The highest BCUT2D eigenvalue weighted by Crippen LogP contribution is 2.15. The summed E-state index contributed by atoms with van der Waals surface area (Å²) < 4.78 is 29.3. The summed E-state index contributed by atoms with van der Waals surface area (Å²) in [4.78, 5) is 4.27. The Labute approximate surface area is 122 Å². The van der Waals surface area contributed by atoms with Crippen molar-refractivity contribution in [3.63, 3.8) is 0 Å². The molecule has 0 aliphatic heterocycles. The van der Waals surface area contributed by atoms with Gasteiger partial charge in [0.05, 0.1) is 19.3 Å². The quantitative estimate of drug-likeness (QED) is 0.734. The van der Waals surface area contributed by atoms with Gasteiger partial charge in [0.25, 0.3) is 0 Å². The molecule has 0 unspecified atom stereocenters. The molecular formula is C11H16ClN5O2S. The standard InChI is InChI=1S/C11H16ClN5O2S/c1-15-6-4-13-11(15)9-16(2)20(18,19)10-7-14-17(8-10)5-3-12/h4,6-8H,3,5,9H2,1-2H3. The number of imidazole rings is 1. The number of sulfonamides is 1. The molecule has 0 aliphatic rings. The average molecular weight is 318 g/mol. The Hall–Kier alpha value is -1.38. The topological polar surface area (TPSA) is 73.0 Å². The molecule has 0 spiro atoms. The number of alkyl halides is 1. The highest BCUT2D eigenvalue weighted by atomic mass is 35.5. The van der Waals surface area contributed by atoms with E-state index < -0.39 is 10.0 Å². The van der Waals surface area contributed by atoms with Gasteiger partial charge in [-0.15, -0.1) is 11.6 Å². The first-order valence-electron chi connectivity index (χ1n) is 5.96. The van der Waals surface area contributed by atoms with Crippen molar-refractivity contribution in [1.29, 1.82) is 0 Å². The maximum absolute atomic E-state index is 12.4. The first-order valence-corrected chi connectivity index (χ1v) is 7.93. The van der Waals surface area contributed by atoms with Crippen LogP contribution in [0.5, 0.6) is 0 Å². The van der Waals surface area contributed by atoms with Crippen LogP contribution in [0, 0.1) is 0 Å². The third-order valence-electron chi connectivity index (χ3n) is 2.92. The van der Waals surface area contributed by atoms with E-state index in [1.54, 1.807) is 17.0 Å². The molecule has 20 heavy (non-hydrogen) atoms. The predicted molar refractivity (Wildman–Crippen MR) is 74.8 cm³/mol. The van der Waals surface area contributed by atoms with Crippen molar-refractivity contribution in [2.75, 3.05) is 12.9 Å². The Morgan fingerprint density at radius 3 is 2.80 bits per heavy atom. The van der Waals surface area contributed by atoms with E-state index in [4.69, 9.17) is 11.6 Å². The molecule has 110 valence electrons. The zero-order valence-corrected chi connectivity index (χ0v) is 12.8. The highest BCUT2D eigenvalue weighted by Gasteiger charge is 2.23. The van der Waals surface area contributed by atoms with Crippen LogP contribution in [0.15, 0.2) is 29.7 Å². The second-order valence-corrected chi connectivity index (χ2v) is 6.77. The lowest BCUT2D eigenvalue weighted by Gasteiger charge is -2.15. The van der Waals surface area contributed by atoms with Crippen LogP contribution in [0.2, 0.25) is 0 Å². The Morgan fingerprint density at radius 2 is 2.20 bits per heavy atom. The molecule has 0 atom stereocenters. The summed E-state index contributed by atoms with van der Waals surface area (Å²) in [5.41, 5.74) is 0. The van der Waals surface area contributed by atoms with Gasteiger partial charge in [0.2, 0.25) is 10.0 Å². The molecule has 0 aromatic carbocycles. The van der Waals surface area contributed by atoms with E-state index in [9.17, 15) is 8.42 Å². The third kappa shape index (κ3) is 3.02. The predicted octanol–water partition coefficient (Wildman–Crippen LogP) is 0.676. The SMILES string of the molecule is CN(Cc1nccn1C)S(=O)(=O)c1cnn(CCCl)c1. The molecule has 0 saturated carbocycles. The monoisotopic (exact) mass is 317 g/mol. The number of aryl methyl sites for hydroxylation is 2. The van der Waals surface area contributed by atoms with Gasteiger partial charge in [0.1, 0.15) is 10.7 Å². The molecule has 7 nitrogen and oxygen atoms in total. The van der Waals surface area contributed by atoms with Crippen LogP contribution in [0.25, 0.3) is 0 Å². The van der Waals surface area contributed by atoms with Gasteiger partial charge in [0, 0.05) is 38.6 Å².